The van der Waals surface area contributed by atoms with Crippen LogP contribution in [0.25, 0.3) is 0 Å². The van der Waals surface area contributed by atoms with Crippen molar-refractivity contribution in [3.63, 3.8) is 0 Å². The van der Waals surface area contributed by atoms with Gasteiger partial charge < -0.3 is 15.0 Å². The quantitative estimate of drug-likeness (QED) is 0.860. The third kappa shape index (κ3) is 3.84. The van der Waals surface area contributed by atoms with Crippen molar-refractivity contribution in [3.8, 4) is 0 Å². The van der Waals surface area contributed by atoms with Gasteiger partial charge in [-0.3, -0.25) is 0 Å². The number of halogens is 1. The molecule has 0 bridgehead atoms. The molecule has 0 radical (unpaired) electrons. The molecule has 2 rings (SSSR count). The van der Waals surface area contributed by atoms with E-state index in [1.807, 2.05) is 20.9 Å². The molecule has 1 aromatic rings. The number of pyridine rings is 1. The van der Waals surface area contributed by atoms with Crippen LogP contribution in [0.5, 0.6) is 0 Å². The third-order valence-electron chi connectivity index (χ3n) is 3.27. The van der Waals surface area contributed by atoms with Crippen LogP contribution < -0.4 is 10.2 Å². The molecule has 0 saturated carbocycles. The molecule has 0 unspecified atom stereocenters. The molecule has 0 aromatic carbocycles. The first-order chi connectivity index (χ1) is 9.09. The van der Waals surface area contributed by atoms with Gasteiger partial charge in [0.15, 0.2) is 0 Å². The van der Waals surface area contributed by atoms with Crippen molar-refractivity contribution >= 4 is 24.2 Å². The lowest BCUT2D eigenvalue weighted by molar-refractivity contribution is 0.0378. The Kier molecular flexibility index (Phi) is 6.23. The number of aromatic nitrogens is 1. The van der Waals surface area contributed by atoms with Crippen LogP contribution in [0.1, 0.15) is 30.6 Å². The van der Waals surface area contributed by atoms with Gasteiger partial charge in [-0.25, -0.2) is 9.78 Å². The zero-order chi connectivity index (χ0) is 13.8. The van der Waals surface area contributed by atoms with Crippen LogP contribution in [0, 0.1) is 0 Å². The Morgan fingerprint density at radius 2 is 2.30 bits per heavy atom. The van der Waals surface area contributed by atoms with Crippen LogP contribution >= 0.6 is 12.4 Å². The van der Waals surface area contributed by atoms with Crippen LogP contribution in [0.3, 0.4) is 0 Å². The summed E-state index contributed by atoms with van der Waals surface area (Å²) in [4.78, 5) is 18.5. The number of hydrogen-bond donors (Lipinski definition) is 1. The number of likely N-dealkylation sites (N-methyl/N-ethyl adjacent to an activating group) is 1. The predicted octanol–water partition coefficient (Wildman–Crippen LogP) is 1.87. The molecule has 1 fully saturated rings. The minimum atomic E-state index is -0.309. The number of nitrogens with zero attached hydrogens (tertiary/aromatic N) is 2. The van der Waals surface area contributed by atoms with E-state index in [4.69, 9.17) is 4.74 Å². The smallest absolute Gasteiger partial charge is 0.342 e. The summed E-state index contributed by atoms with van der Waals surface area (Å²) in [6.45, 7) is 5.62. The molecule has 1 aliphatic rings. The number of carbonyl (C=O) groups is 1. The predicted molar refractivity (Wildman–Crippen MR) is 81.7 cm³/mol. The molecule has 20 heavy (non-hydrogen) atoms. The van der Waals surface area contributed by atoms with Crippen LogP contribution in [0.4, 0.5) is 5.82 Å². The minimum Gasteiger partial charge on any atom is -0.459 e. The Bertz CT molecular complexity index is 448. The van der Waals surface area contributed by atoms with E-state index < -0.39 is 0 Å². The van der Waals surface area contributed by atoms with Gasteiger partial charge in [0, 0.05) is 25.8 Å². The zero-order valence-corrected chi connectivity index (χ0v) is 12.9. The summed E-state index contributed by atoms with van der Waals surface area (Å²) in [5, 5.41) is 3.32. The normalized spacial score (nSPS) is 17.7. The van der Waals surface area contributed by atoms with E-state index in [-0.39, 0.29) is 24.5 Å². The molecule has 0 amide bonds. The van der Waals surface area contributed by atoms with E-state index in [9.17, 15) is 4.79 Å². The highest BCUT2D eigenvalue weighted by Gasteiger charge is 2.24. The van der Waals surface area contributed by atoms with Gasteiger partial charge in [0.25, 0.3) is 0 Å². The molecule has 112 valence electrons. The fourth-order valence-electron chi connectivity index (χ4n) is 2.26. The lowest BCUT2D eigenvalue weighted by Crippen LogP contribution is -2.35. The van der Waals surface area contributed by atoms with E-state index in [1.54, 1.807) is 18.3 Å². The number of nitrogens with one attached hydrogen (secondary N) is 1. The van der Waals surface area contributed by atoms with Crippen molar-refractivity contribution in [1.82, 2.24) is 10.3 Å². The highest BCUT2D eigenvalue weighted by molar-refractivity contribution is 5.94. The average molecular weight is 300 g/mol. The highest BCUT2D eigenvalue weighted by Crippen LogP contribution is 2.21. The van der Waals surface area contributed by atoms with Crippen LogP contribution in [0.15, 0.2) is 18.3 Å². The maximum absolute atomic E-state index is 12.1. The first-order valence-corrected chi connectivity index (χ1v) is 6.69. The van der Waals surface area contributed by atoms with Gasteiger partial charge in [-0.15, -0.1) is 12.4 Å². The molecule has 0 spiro atoms. The molecule has 5 nitrogen and oxygen atoms in total. The van der Waals surface area contributed by atoms with Crippen molar-refractivity contribution in [2.24, 2.45) is 0 Å². The molecule has 6 heteroatoms. The standard InChI is InChI=1S/C14H21N3O2.ClH/c1-10(2)19-14(18)12-5-4-7-16-13(12)17(3)11-6-8-15-9-11;/h4-5,7,10-11,15H,6,8-9H2,1-3H3;1H/t11-;/m1./s1. The van der Waals surface area contributed by atoms with E-state index in [0.29, 0.717) is 17.4 Å². The fraction of sp³-hybridized carbons (Fsp3) is 0.571. The number of hydrogen-bond acceptors (Lipinski definition) is 5. The molecule has 1 aromatic heterocycles. The van der Waals surface area contributed by atoms with Gasteiger partial charge in [0.2, 0.25) is 0 Å². The van der Waals surface area contributed by atoms with Crippen LogP contribution in [0.2, 0.25) is 0 Å². The molecule has 1 atom stereocenters. The van der Waals surface area contributed by atoms with Crippen LogP contribution in [-0.2, 0) is 4.74 Å². The summed E-state index contributed by atoms with van der Waals surface area (Å²) in [5.41, 5.74) is 0.533. The van der Waals surface area contributed by atoms with Gasteiger partial charge in [-0.1, -0.05) is 0 Å². The molecule has 0 aliphatic carbocycles. The number of esters is 1. The maximum atomic E-state index is 12.1. The molecular formula is C14H22ClN3O2. The van der Waals surface area contributed by atoms with Crippen molar-refractivity contribution in [3.05, 3.63) is 23.9 Å². The van der Waals surface area contributed by atoms with Crippen molar-refractivity contribution in [1.29, 1.82) is 0 Å². The molecule has 1 saturated heterocycles. The van der Waals surface area contributed by atoms with Crippen molar-refractivity contribution in [2.45, 2.75) is 32.4 Å². The van der Waals surface area contributed by atoms with Gasteiger partial charge >= 0.3 is 5.97 Å². The van der Waals surface area contributed by atoms with Gasteiger partial charge in [-0.05, 0) is 38.9 Å². The first-order valence-electron chi connectivity index (χ1n) is 6.69. The molecular weight excluding hydrogens is 278 g/mol. The Hall–Kier alpha value is -1.33. The second kappa shape index (κ2) is 7.45. The van der Waals surface area contributed by atoms with E-state index >= 15 is 0 Å². The Morgan fingerprint density at radius 1 is 1.55 bits per heavy atom. The summed E-state index contributed by atoms with van der Waals surface area (Å²) in [5.74, 6) is 0.387. The first kappa shape index (κ1) is 16.7. The number of carbonyl (C=O) groups excluding carboxylic acids is 1. The molecule has 2 heterocycles. The number of rotatable bonds is 4. The third-order valence-corrected chi connectivity index (χ3v) is 3.27. The maximum Gasteiger partial charge on any atom is 0.342 e. The van der Waals surface area contributed by atoms with Crippen molar-refractivity contribution in [2.75, 3.05) is 25.0 Å². The lowest BCUT2D eigenvalue weighted by atomic mass is 10.2. The summed E-state index contributed by atoms with van der Waals surface area (Å²) in [7, 11) is 1.98. The van der Waals surface area contributed by atoms with E-state index in [0.717, 1.165) is 19.5 Å². The Balaban J connectivity index is 0.00000200. The number of anilines is 1. The summed E-state index contributed by atoms with van der Waals surface area (Å²) >= 11 is 0. The Labute approximate surface area is 126 Å². The molecule has 1 N–H and O–H groups in total. The van der Waals surface area contributed by atoms with Gasteiger partial charge in [0.05, 0.1) is 6.10 Å². The second-order valence-corrected chi connectivity index (χ2v) is 5.09. The fourth-order valence-corrected chi connectivity index (χ4v) is 2.26. The van der Waals surface area contributed by atoms with Gasteiger partial charge in [0.1, 0.15) is 11.4 Å². The zero-order valence-electron chi connectivity index (χ0n) is 12.1. The Morgan fingerprint density at radius 3 is 2.90 bits per heavy atom. The average Bonchev–Trinajstić information content (AvgIpc) is 2.91. The van der Waals surface area contributed by atoms with E-state index in [1.165, 1.54) is 0 Å². The summed E-state index contributed by atoms with van der Waals surface area (Å²) in [6.07, 6.45) is 2.64. The lowest BCUT2D eigenvalue weighted by Gasteiger charge is -2.26. The minimum absolute atomic E-state index is 0. The van der Waals surface area contributed by atoms with Crippen molar-refractivity contribution < 1.29 is 9.53 Å². The number of ether oxygens (including phenoxy) is 1. The largest absolute Gasteiger partial charge is 0.459 e. The topological polar surface area (TPSA) is 54.5 Å². The summed E-state index contributed by atoms with van der Waals surface area (Å²) < 4.78 is 5.27. The van der Waals surface area contributed by atoms with E-state index in [2.05, 4.69) is 15.2 Å². The highest BCUT2D eigenvalue weighted by atomic mass is 35.5. The van der Waals surface area contributed by atoms with Gasteiger partial charge in [-0.2, -0.15) is 0 Å². The second-order valence-electron chi connectivity index (χ2n) is 5.09. The SMILES string of the molecule is CC(C)OC(=O)c1cccnc1N(C)[C@@H]1CCNC1.Cl. The van der Waals surface area contributed by atoms with Crippen LogP contribution in [-0.4, -0.2) is 43.2 Å². The molecule has 1 aliphatic heterocycles. The summed E-state index contributed by atoms with van der Waals surface area (Å²) in [6, 6.07) is 3.91. The monoisotopic (exact) mass is 299 g/mol.